The Bertz CT molecular complexity index is 291. The van der Waals surface area contributed by atoms with Crippen LogP contribution in [0.3, 0.4) is 0 Å². The first-order chi connectivity index (χ1) is 7.27. The molecule has 1 rings (SSSR count). The van der Waals surface area contributed by atoms with Gasteiger partial charge in [0.2, 0.25) is 0 Å². The molecule has 0 amide bonds. The lowest BCUT2D eigenvalue weighted by molar-refractivity contribution is 0.724. The van der Waals surface area contributed by atoms with Crippen molar-refractivity contribution in [2.45, 2.75) is 26.7 Å². The van der Waals surface area contributed by atoms with Gasteiger partial charge in [-0.15, -0.1) is 0 Å². The van der Waals surface area contributed by atoms with E-state index in [0.717, 1.165) is 30.1 Å². The number of nitrogens with zero attached hydrogens (tertiary/aromatic N) is 3. The zero-order chi connectivity index (χ0) is 11.1. The Morgan fingerprint density at radius 1 is 1.40 bits per heavy atom. The molecule has 0 aliphatic carbocycles. The van der Waals surface area contributed by atoms with Crippen molar-refractivity contribution in [3.63, 3.8) is 0 Å². The highest BCUT2D eigenvalue weighted by Gasteiger charge is 2.06. The van der Waals surface area contributed by atoms with Gasteiger partial charge < -0.3 is 4.90 Å². The van der Waals surface area contributed by atoms with Crippen molar-refractivity contribution < 1.29 is 0 Å². The molecular formula is C11H18BrN3. The van der Waals surface area contributed by atoms with E-state index in [4.69, 9.17) is 0 Å². The number of rotatable bonds is 6. The normalized spacial score (nSPS) is 10.3. The van der Waals surface area contributed by atoms with Gasteiger partial charge in [0, 0.05) is 24.6 Å². The van der Waals surface area contributed by atoms with Crippen molar-refractivity contribution in [2.24, 2.45) is 0 Å². The highest BCUT2D eigenvalue weighted by atomic mass is 79.9. The van der Waals surface area contributed by atoms with Crippen molar-refractivity contribution in [1.29, 1.82) is 0 Å². The van der Waals surface area contributed by atoms with E-state index >= 15 is 0 Å². The molecule has 15 heavy (non-hydrogen) atoms. The van der Waals surface area contributed by atoms with Crippen molar-refractivity contribution >= 4 is 21.7 Å². The number of aromatic nitrogens is 2. The molecule has 4 heteroatoms. The van der Waals surface area contributed by atoms with E-state index in [1.807, 2.05) is 19.2 Å². The average Bonchev–Trinajstić information content (AvgIpc) is 2.24. The molecule has 0 radical (unpaired) electrons. The first-order valence-corrected chi connectivity index (χ1v) is 6.50. The molecule has 84 valence electrons. The van der Waals surface area contributed by atoms with Crippen LogP contribution in [0.15, 0.2) is 12.3 Å². The fourth-order valence-electron chi connectivity index (χ4n) is 1.41. The molecule has 0 saturated carbocycles. The fraction of sp³-hybridized carbons (Fsp3) is 0.636. The summed E-state index contributed by atoms with van der Waals surface area (Å²) in [7, 11) is 0. The van der Waals surface area contributed by atoms with Crippen LogP contribution >= 0.6 is 15.9 Å². The minimum Gasteiger partial charge on any atom is -0.356 e. The van der Waals surface area contributed by atoms with E-state index in [1.165, 1.54) is 12.8 Å². The second kappa shape index (κ2) is 6.77. The Kier molecular flexibility index (Phi) is 5.61. The van der Waals surface area contributed by atoms with Crippen LogP contribution in [0, 0.1) is 6.92 Å². The summed E-state index contributed by atoms with van der Waals surface area (Å²) < 4.78 is 0. The minimum absolute atomic E-state index is 0.837. The second-order valence-electron chi connectivity index (χ2n) is 3.49. The molecule has 0 spiro atoms. The molecule has 0 atom stereocenters. The van der Waals surface area contributed by atoms with Gasteiger partial charge in [0.15, 0.2) is 0 Å². The van der Waals surface area contributed by atoms with Crippen LogP contribution in [0.4, 0.5) is 5.82 Å². The Hall–Kier alpha value is -0.640. The summed E-state index contributed by atoms with van der Waals surface area (Å²) in [5.41, 5.74) is 0. The topological polar surface area (TPSA) is 29.0 Å². The molecule has 0 aliphatic rings. The summed E-state index contributed by atoms with van der Waals surface area (Å²) in [6.07, 6.45) is 4.24. The van der Waals surface area contributed by atoms with Crippen LogP contribution in [0.2, 0.25) is 0 Å². The highest BCUT2D eigenvalue weighted by molar-refractivity contribution is 9.09. The quantitative estimate of drug-likeness (QED) is 0.746. The molecule has 0 saturated heterocycles. The van der Waals surface area contributed by atoms with Crippen LogP contribution < -0.4 is 4.90 Å². The molecule has 1 aromatic heterocycles. The Labute approximate surface area is 100 Å². The SMILES string of the molecule is CCCCN(CCBr)c1ccnc(C)n1. The molecule has 0 fully saturated rings. The lowest BCUT2D eigenvalue weighted by Crippen LogP contribution is -2.27. The maximum atomic E-state index is 4.44. The first-order valence-electron chi connectivity index (χ1n) is 5.38. The van der Waals surface area contributed by atoms with Gasteiger partial charge in [-0.05, 0) is 19.4 Å². The number of hydrogen-bond donors (Lipinski definition) is 0. The highest BCUT2D eigenvalue weighted by Crippen LogP contribution is 2.11. The Morgan fingerprint density at radius 2 is 2.20 bits per heavy atom. The van der Waals surface area contributed by atoms with Crippen molar-refractivity contribution in [1.82, 2.24) is 9.97 Å². The predicted molar refractivity (Wildman–Crippen MR) is 67.7 cm³/mol. The van der Waals surface area contributed by atoms with Crippen LogP contribution in [-0.2, 0) is 0 Å². The van der Waals surface area contributed by atoms with Crippen molar-refractivity contribution in [3.8, 4) is 0 Å². The van der Waals surface area contributed by atoms with Gasteiger partial charge in [0.05, 0.1) is 0 Å². The predicted octanol–water partition coefficient (Wildman–Crippen LogP) is 2.79. The Morgan fingerprint density at radius 3 is 2.80 bits per heavy atom. The van der Waals surface area contributed by atoms with Crippen molar-refractivity contribution in [2.75, 3.05) is 23.3 Å². The molecular weight excluding hydrogens is 254 g/mol. The Balaban J connectivity index is 2.69. The van der Waals surface area contributed by atoms with Crippen molar-refractivity contribution in [3.05, 3.63) is 18.1 Å². The van der Waals surface area contributed by atoms with Crippen LogP contribution in [0.25, 0.3) is 0 Å². The largest absolute Gasteiger partial charge is 0.356 e. The van der Waals surface area contributed by atoms with E-state index in [2.05, 4.69) is 37.7 Å². The number of alkyl halides is 1. The lowest BCUT2D eigenvalue weighted by Gasteiger charge is -2.22. The van der Waals surface area contributed by atoms with Gasteiger partial charge in [-0.25, -0.2) is 9.97 Å². The van der Waals surface area contributed by atoms with E-state index in [0.29, 0.717) is 0 Å². The number of anilines is 1. The number of aryl methyl sites for hydroxylation is 1. The second-order valence-corrected chi connectivity index (χ2v) is 4.28. The molecule has 1 aromatic rings. The summed E-state index contributed by atoms with van der Waals surface area (Å²) >= 11 is 3.47. The summed E-state index contributed by atoms with van der Waals surface area (Å²) in [5, 5.41) is 0.972. The average molecular weight is 272 g/mol. The van der Waals surface area contributed by atoms with Gasteiger partial charge in [0.25, 0.3) is 0 Å². The maximum Gasteiger partial charge on any atom is 0.132 e. The summed E-state index contributed by atoms with van der Waals surface area (Å²) in [6, 6.07) is 1.98. The third kappa shape index (κ3) is 4.16. The van der Waals surface area contributed by atoms with Crippen LogP contribution in [0.1, 0.15) is 25.6 Å². The molecule has 0 aliphatic heterocycles. The zero-order valence-corrected chi connectivity index (χ0v) is 11.0. The molecule has 0 aromatic carbocycles. The minimum atomic E-state index is 0.837. The van der Waals surface area contributed by atoms with Gasteiger partial charge in [0.1, 0.15) is 11.6 Å². The van der Waals surface area contributed by atoms with E-state index in [1.54, 1.807) is 0 Å². The van der Waals surface area contributed by atoms with Gasteiger partial charge in [-0.2, -0.15) is 0 Å². The molecule has 0 N–H and O–H groups in total. The monoisotopic (exact) mass is 271 g/mol. The lowest BCUT2D eigenvalue weighted by atomic mass is 10.3. The molecule has 3 nitrogen and oxygen atoms in total. The van der Waals surface area contributed by atoms with Gasteiger partial charge >= 0.3 is 0 Å². The number of unbranched alkanes of at least 4 members (excludes halogenated alkanes) is 1. The maximum absolute atomic E-state index is 4.44. The summed E-state index contributed by atoms with van der Waals surface area (Å²) in [6.45, 7) is 6.20. The van der Waals surface area contributed by atoms with Crippen LogP contribution in [-0.4, -0.2) is 28.4 Å². The summed E-state index contributed by atoms with van der Waals surface area (Å²) in [4.78, 5) is 10.9. The molecule has 0 unspecified atom stereocenters. The summed E-state index contributed by atoms with van der Waals surface area (Å²) in [5.74, 6) is 1.87. The molecule has 1 heterocycles. The van der Waals surface area contributed by atoms with E-state index < -0.39 is 0 Å². The number of halogens is 1. The van der Waals surface area contributed by atoms with Crippen LogP contribution in [0.5, 0.6) is 0 Å². The smallest absolute Gasteiger partial charge is 0.132 e. The first kappa shape index (κ1) is 12.4. The zero-order valence-electron chi connectivity index (χ0n) is 9.41. The fourth-order valence-corrected chi connectivity index (χ4v) is 1.84. The molecule has 0 bridgehead atoms. The van der Waals surface area contributed by atoms with Gasteiger partial charge in [-0.3, -0.25) is 0 Å². The third-order valence-electron chi connectivity index (χ3n) is 2.22. The van der Waals surface area contributed by atoms with Gasteiger partial charge in [-0.1, -0.05) is 29.3 Å². The number of hydrogen-bond acceptors (Lipinski definition) is 3. The van der Waals surface area contributed by atoms with E-state index in [-0.39, 0.29) is 0 Å². The standard InChI is InChI=1S/C11H18BrN3/c1-3-4-8-15(9-6-12)11-5-7-13-10(2)14-11/h5,7H,3-4,6,8-9H2,1-2H3. The van der Waals surface area contributed by atoms with E-state index in [9.17, 15) is 0 Å². The third-order valence-corrected chi connectivity index (χ3v) is 2.58.